The van der Waals surface area contributed by atoms with Gasteiger partial charge in [0.25, 0.3) is 0 Å². The molecule has 0 radical (unpaired) electrons. The smallest absolute Gasteiger partial charge is 0.0419 e. The molecule has 0 saturated heterocycles. The van der Waals surface area contributed by atoms with E-state index in [1.54, 1.807) is 0 Å². The fourth-order valence-electron chi connectivity index (χ4n) is 3.30. The fourth-order valence-corrected chi connectivity index (χ4v) is 3.30. The van der Waals surface area contributed by atoms with Gasteiger partial charge in [-0.15, -0.1) is 0 Å². The summed E-state index contributed by atoms with van der Waals surface area (Å²) >= 11 is 0. The summed E-state index contributed by atoms with van der Waals surface area (Å²) < 4.78 is 0. The molecule has 0 amide bonds. The summed E-state index contributed by atoms with van der Waals surface area (Å²) in [5, 5.41) is 3.54. The number of nitrogens with zero attached hydrogens (tertiary/aromatic N) is 1. The molecule has 1 N–H and O–H groups in total. The summed E-state index contributed by atoms with van der Waals surface area (Å²) in [6.07, 6.45) is 1.17. The number of fused-ring (bicyclic) bond motifs is 2. The van der Waals surface area contributed by atoms with Crippen LogP contribution in [0.4, 0.5) is 5.69 Å². The predicted molar refractivity (Wildman–Crippen MR) is 78.0 cm³/mol. The van der Waals surface area contributed by atoms with Crippen LogP contribution in [0.2, 0.25) is 0 Å². The van der Waals surface area contributed by atoms with Gasteiger partial charge in [0.15, 0.2) is 0 Å². The number of hydrogen-bond donors (Lipinski definition) is 1. The number of para-hydroxylation sites is 1. The van der Waals surface area contributed by atoms with Crippen molar-refractivity contribution in [2.75, 3.05) is 11.9 Å². The topological polar surface area (TPSA) is 15.3 Å². The molecule has 0 aliphatic carbocycles. The Balaban J connectivity index is 1.57. The standard InChI is InChI=1S/C17H18N2/c1-2-5-15-11-19(10-14(15)4-1)12-16-7-3-6-13-8-9-18-17(13)16/h1-7,18H,8-12H2. The van der Waals surface area contributed by atoms with Crippen LogP contribution in [-0.4, -0.2) is 11.4 Å². The molecule has 2 aliphatic rings. The van der Waals surface area contributed by atoms with Crippen molar-refractivity contribution in [3.05, 3.63) is 64.7 Å². The van der Waals surface area contributed by atoms with Crippen molar-refractivity contribution in [3.63, 3.8) is 0 Å². The Kier molecular flexibility index (Phi) is 2.56. The number of rotatable bonds is 2. The van der Waals surface area contributed by atoms with Crippen LogP contribution >= 0.6 is 0 Å². The van der Waals surface area contributed by atoms with Gasteiger partial charge in [-0.05, 0) is 28.7 Å². The maximum absolute atomic E-state index is 3.54. The highest BCUT2D eigenvalue weighted by Gasteiger charge is 2.20. The van der Waals surface area contributed by atoms with Gasteiger partial charge in [-0.3, -0.25) is 4.90 Å². The number of nitrogens with one attached hydrogen (secondary N) is 1. The third kappa shape index (κ3) is 1.92. The van der Waals surface area contributed by atoms with Crippen molar-refractivity contribution in [2.24, 2.45) is 0 Å². The van der Waals surface area contributed by atoms with Crippen molar-refractivity contribution in [3.8, 4) is 0 Å². The molecule has 2 aromatic rings. The summed E-state index contributed by atoms with van der Waals surface area (Å²) in [5.41, 5.74) is 7.29. The van der Waals surface area contributed by atoms with Gasteiger partial charge >= 0.3 is 0 Å². The van der Waals surface area contributed by atoms with Gasteiger partial charge in [0.2, 0.25) is 0 Å². The van der Waals surface area contributed by atoms with E-state index in [2.05, 4.69) is 52.7 Å². The summed E-state index contributed by atoms with van der Waals surface area (Å²) in [4.78, 5) is 2.53. The van der Waals surface area contributed by atoms with Crippen molar-refractivity contribution in [2.45, 2.75) is 26.1 Å². The fraction of sp³-hybridized carbons (Fsp3) is 0.294. The Morgan fingerprint density at radius 1 is 0.895 bits per heavy atom. The maximum atomic E-state index is 3.54. The molecule has 0 saturated carbocycles. The van der Waals surface area contributed by atoms with E-state index in [4.69, 9.17) is 0 Å². The van der Waals surface area contributed by atoms with Gasteiger partial charge in [0, 0.05) is 31.9 Å². The summed E-state index contributed by atoms with van der Waals surface area (Å²) in [6.45, 7) is 4.30. The lowest BCUT2D eigenvalue weighted by atomic mass is 10.1. The molecule has 0 aromatic heterocycles. The largest absolute Gasteiger partial charge is 0.384 e. The highest BCUT2D eigenvalue weighted by molar-refractivity contribution is 5.61. The van der Waals surface area contributed by atoms with Gasteiger partial charge in [-0.25, -0.2) is 0 Å². The molecule has 0 unspecified atom stereocenters. The molecule has 0 atom stereocenters. The molecular weight excluding hydrogens is 232 g/mol. The molecule has 19 heavy (non-hydrogen) atoms. The van der Waals surface area contributed by atoms with Crippen LogP contribution in [0.25, 0.3) is 0 Å². The van der Waals surface area contributed by atoms with E-state index < -0.39 is 0 Å². The second kappa shape index (κ2) is 4.39. The third-order valence-corrected chi connectivity index (χ3v) is 4.23. The Labute approximate surface area is 114 Å². The molecule has 2 aliphatic heterocycles. The van der Waals surface area contributed by atoms with Crippen LogP contribution < -0.4 is 5.32 Å². The Morgan fingerprint density at radius 3 is 2.42 bits per heavy atom. The Morgan fingerprint density at radius 2 is 1.63 bits per heavy atom. The second-order valence-electron chi connectivity index (χ2n) is 5.54. The van der Waals surface area contributed by atoms with E-state index in [-0.39, 0.29) is 0 Å². The predicted octanol–water partition coefficient (Wildman–Crippen LogP) is 3.17. The molecule has 2 heterocycles. The van der Waals surface area contributed by atoms with Gasteiger partial charge in [-0.1, -0.05) is 42.5 Å². The van der Waals surface area contributed by atoms with E-state index in [1.165, 1.54) is 34.4 Å². The molecule has 0 fully saturated rings. The Hall–Kier alpha value is -1.80. The molecule has 96 valence electrons. The van der Waals surface area contributed by atoms with E-state index >= 15 is 0 Å². The number of hydrogen-bond acceptors (Lipinski definition) is 2. The second-order valence-corrected chi connectivity index (χ2v) is 5.54. The highest BCUT2D eigenvalue weighted by Crippen LogP contribution is 2.30. The van der Waals surface area contributed by atoms with Crippen LogP contribution in [0.5, 0.6) is 0 Å². The first-order valence-electron chi connectivity index (χ1n) is 7.04. The minimum absolute atomic E-state index is 1.05. The zero-order valence-corrected chi connectivity index (χ0v) is 11.0. The normalized spacial score (nSPS) is 17.1. The van der Waals surface area contributed by atoms with Gasteiger partial charge in [0.1, 0.15) is 0 Å². The Bertz CT molecular complexity index is 593. The van der Waals surface area contributed by atoms with Crippen LogP contribution in [0.15, 0.2) is 42.5 Å². The van der Waals surface area contributed by atoms with Crippen molar-refractivity contribution in [1.29, 1.82) is 0 Å². The molecule has 4 rings (SSSR count). The van der Waals surface area contributed by atoms with Crippen LogP contribution in [0, 0.1) is 0 Å². The van der Waals surface area contributed by atoms with Crippen molar-refractivity contribution >= 4 is 5.69 Å². The summed E-state index contributed by atoms with van der Waals surface area (Å²) in [7, 11) is 0. The van der Waals surface area contributed by atoms with Crippen molar-refractivity contribution < 1.29 is 0 Å². The molecule has 2 heteroatoms. The summed E-state index contributed by atoms with van der Waals surface area (Å²) in [6, 6.07) is 15.5. The molecular formula is C17H18N2. The maximum Gasteiger partial charge on any atom is 0.0419 e. The van der Waals surface area contributed by atoms with E-state index in [0.717, 1.165) is 26.2 Å². The summed E-state index contributed by atoms with van der Waals surface area (Å²) in [5.74, 6) is 0. The first-order chi connectivity index (χ1) is 9.40. The average Bonchev–Trinajstić information content (AvgIpc) is 3.04. The van der Waals surface area contributed by atoms with Crippen molar-refractivity contribution in [1.82, 2.24) is 4.90 Å². The zero-order valence-electron chi connectivity index (χ0n) is 11.0. The lowest BCUT2D eigenvalue weighted by Crippen LogP contribution is -2.16. The van der Waals surface area contributed by atoms with Gasteiger partial charge in [0.05, 0.1) is 0 Å². The van der Waals surface area contributed by atoms with Crippen LogP contribution in [-0.2, 0) is 26.1 Å². The van der Waals surface area contributed by atoms with Crippen LogP contribution in [0.3, 0.4) is 0 Å². The van der Waals surface area contributed by atoms with Gasteiger partial charge in [-0.2, -0.15) is 0 Å². The molecule has 2 aromatic carbocycles. The monoisotopic (exact) mass is 250 g/mol. The first-order valence-corrected chi connectivity index (χ1v) is 7.04. The van der Waals surface area contributed by atoms with E-state index in [9.17, 15) is 0 Å². The minimum atomic E-state index is 1.05. The quantitative estimate of drug-likeness (QED) is 0.880. The van der Waals surface area contributed by atoms with Gasteiger partial charge < -0.3 is 5.32 Å². The molecule has 2 nitrogen and oxygen atoms in total. The number of anilines is 1. The van der Waals surface area contributed by atoms with E-state index in [0.29, 0.717) is 0 Å². The SMILES string of the molecule is c1ccc2c(c1)CN(Cc1cccc3c1NCC3)C2. The zero-order chi connectivity index (χ0) is 12.7. The molecule has 0 spiro atoms. The van der Waals surface area contributed by atoms with E-state index in [1.807, 2.05) is 0 Å². The minimum Gasteiger partial charge on any atom is -0.384 e. The van der Waals surface area contributed by atoms with Crippen LogP contribution in [0.1, 0.15) is 22.3 Å². The average molecular weight is 250 g/mol. The lowest BCUT2D eigenvalue weighted by Gasteiger charge is -2.17. The highest BCUT2D eigenvalue weighted by atomic mass is 15.1. The molecule has 0 bridgehead atoms. The lowest BCUT2D eigenvalue weighted by molar-refractivity contribution is 0.276. The third-order valence-electron chi connectivity index (χ3n) is 4.23. The number of benzene rings is 2. The first kappa shape index (κ1) is 11.1.